The van der Waals surface area contributed by atoms with Crippen molar-refractivity contribution in [2.45, 2.75) is 56.7 Å². The van der Waals surface area contributed by atoms with Crippen LogP contribution in [-0.4, -0.2) is 62.3 Å². The number of diazo groups is 2. The van der Waals surface area contributed by atoms with Gasteiger partial charge >= 0.3 is 24.3 Å². The summed E-state index contributed by atoms with van der Waals surface area (Å²) < 4.78 is 0. The van der Waals surface area contributed by atoms with Crippen molar-refractivity contribution in [1.29, 1.82) is 10.8 Å². The molecule has 174 valence electrons. The second-order valence-corrected chi connectivity index (χ2v) is 6.55. The zero-order chi connectivity index (χ0) is 24.7. The Kier molecular flexibility index (Phi) is 12.7. The molecule has 0 heterocycles. The smallest absolute Gasteiger partial charge is 0.387 e. The van der Waals surface area contributed by atoms with E-state index < -0.39 is 53.4 Å². The lowest BCUT2D eigenvalue weighted by Crippen LogP contribution is -2.51. The number of aliphatic carboxylic acids is 2. The van der Waals surface area contributed by atoms with Crippen LogP contribution in [0, 0.1) is 10.8 Å². The van der Waals surface area contributed by atoms with E-state index >= 15 is 0 Å². The number of carboxylic acid groups (broad SMARTS) is 2. The van der Waals surface area contributed by atoms with Gasteiger partial charge in [0.1, 0.15) is 18.1 Å². The summed E-state index contributed by atoms with van der Waals surface area (Å²) in [5.41, 5.74) is 5.32. The van der Waals surface area contributed by atoms with Gasteiger partial charge in [-0.05, 0) is 19.3 Å². The zero-order valence-electron chi connectivity index (χ0n) is 16.9. The standard InChI is InChI=1S/C17H23N7O8/c18-11(16(29)30)3-6-14(27)23-12(4-1-9(25)7-21-19)15(28)24-13(17(31)32)5-2-10(26)8-22-20/h7-8,11-13H,1-6,18H2,(H4-2,23,24,25,26,27,28,29,30,31,32)/p+2/b9-7+,10-8+/t11-,12+,13-/m1/s1. The van der Waals surface area contributed by atoms with E-state index in [1.807, 2.05) is 0 Å². The van der Waals surface area contributed by atoms with Crippen LogP contribution < -0.4 is 16.4 Å². The molecule has 0 spiro atoms. The van der Waals surface area contributed by atoms with Gasteiger partial charge in [-0.3, -0.25) is 14.4 Å². The Morgan fingerprint density at radius 1 is 0.781 bits per heavy atom. The van der Waals surface area contributed by atoms with Gasteiger partial charge in [-0.1, -0.05) is 0 Å². The second kappa shape index (κ2) is 14.7. The van der Waals surface area contributed by atoms with Crippen molar-refractivity contribution >= 4 is 23.8 Å². The number of carboxylic acids is 2. The fraction of sp³-hybridized carbons (Fsp3) is 0.529. The molecule has 32 heavy (non-hydrogen) atoms. The normalized spacial score (nSPS) is 14.2. The number of nitrogens with one attached hydrogen (secondary N) is 2. The molecule has 0 saturated heterocycles. The molecule has 0 rings (SSSR count). The van der Waals surface area contributed by atoms with Crippen LogP contribution in [0.25, 0.3) is 9.95 Å². The summed E-state index contributed by atoms with van der Waals surface area (Å²) in [6, 6.07) is -4.11. The van der Waals surface area contributed by atoms with E-state index in [9.17, 15) is 34.5 Å². The predicted molar refractivity (Wildman–Crippen MR) is 106 cm³/mol. The largest absolute Gasteiger partial charge is 0.505 e. The number of carbonyl (C=O) groups excluding carboxylic acids is 2. The quantitative estimate of drug-likeness (QED) is 0.138. The molecule has 0 saturated carbocycles. The lowest BCUT2D eigenvalue weighted by Gasteiger charge is -2.21. The number of amides is 2. The molecule has 0 radical (unpaired) electrons. The van der Waals surface area contributed by atoms with Crippen molar-refractivity contribution in [3.63, 3.8) is 0 Å². The van der Waals surface area contributed by atoms with Crippen molar-refractivity contribution in [3.05, 3.63) is 33.9 Å². The van der Waals surface area contributed by atoms with Crippen LogP contribution in [0.4, 0.5) is 0 Å². The van der Waals surface area contributed by atoms with Crippen LogP contribution in [0.15, 0.2) is 23.9 Å². The molecular weight excluding hydrogens is 430 g/mol. The summed E-state index contributed by atoms with van der Waals surface area (Å²) in [6.45, 7) is 0. The number of rotatable bonds is 14. The minimum absolute atomic E-state index is 0.219. The number of hydrogen-bond acceptors (Lipinski definition) is 9. The number of hydrogen-bond donors (Lipinski definition) is 7. The Hall–Kier alpha value is -4.24. The Morgan fingerprint density at radius 2 is 1.28 bits per heavy atom. The minimum Gasteiger partial charge on any atom is -0.505 e. The molecule has 3 atom stereocenters. The van der Waals surface area contributed by atoms with E-state index in [4.69, 9.17) is 21.6 Å². The number of aliphatic hydroxyl groups excluding tert-OH is 2. The Balaban J connectivity index is 5.26. The van der Waals surface area contributed by atoms with Crippen LogP contribution >= 0.6 is 0 Å². The van der Waals surface area contributed by atoms with Gasteiger partial charge in [0.25, 0.3) is 0 Å². The lowest BCUT2D eigenvalue weighted by atomic mass is 10.1. The van der Waals surface area contributed by atoms with E-state index in [0.717, 1.165) is 0 Å². The summed E-state index contributed by atoms with van der Waals surface area (Å²) in [6.07, 6.45) is -0.136. The summed E-state index contributed by atoms with van der Waals surface area (Å²) in [4.78, 5) is 52.0. The highest BCUT2D eigenvalue weighted by Crippen LogP contribution is 2.10. The van der Waals surface area contributed by atoms with Crippen LogP contribution in [0.2, 0.25) is 0 Å². The first-order valence-corrected chi connectivity index (χ1v) is 9.27. The fourth-order valence-electron chi connectivity index (χ4n) is 2.32. The highest BCUT2D eigenvalue weighted by molar-refractivity contribution is 5.90. The molecule has 0 aliphatic heterocycles. The van der Waals surface area contributed by atoms with Crippen molar-refractivity contribution < 1.29 is 39.6 Å². The number of nitrogens with two attached hydrogens (primary N) is 1. The van der Waals surface area contributed by atoms with Crippen molar-refractivity contribution in [2.75, 3.05) is 0 Å². The average Bonchev–Trinajstić information content (AvgIpc) is 2.72. The van der Waals surface area contributed by atoms with E-state index in [0.29, 0.717) is 12.4 Å². The zero-order valence-corrected chi connectivity index (χ0v) is 16.9. The molecule has 15 nitrogen and oxygen atoms in total. The SMILES string of the molecule is N#[N+]/C=C(/O)CC[C@H](NC(=O)CC[C@@H](N)C(=O)O)C(=O)N[C@H](CC/C(O)=C\[N+]#N)C(=O)O. The second-order valence-electron chi connectivity index (χ2n) is 6.55. The summed E-state index contributed by atoms with van der Waals surface area (Å²) in [5.74, 6) is -5.29. The van der Waals surface area contributed by atoms with Crippen molar-refractivity contribution in [1.82, 2.24) is 10.6 Å². The molecule has 0 fully saturated rings. The first-order valence-electron chi connectivity index (χ1n) is 9.27. The average molecular weight is 455 g/mol. The summed E-state index contributed by atoms with van der Waals surface area (Å²) >= 11 is 0. The molecular formula is C17H25N7O8+2. The Bertz CT molecular complexity index is 843. The molecule has 8 N–H and O–H groups in total. The number of aliphatic hydroxyl groups is 2. The molecule has 0 aliphatic carbocycles. The lowest BCUT2D eigenvalue weighted by molar-refractivity contribution is -0.142. The number of carbonyl (C=O) groups is 4. The number of allylic oxidation sites excluding steroid dienone is 2. The molecule has 0 aromatic carbocycles. The van der Waals surface area contributed by atoms with E-state index in [2.05, 4.69) is 20.6 Å². The summed E-state index contributed by atoms with van der Waals surface area (Å²) in [7, 11) is 0. The maximum Gasteiger partial charge on any atom is 0.387 e. The van der Waals surface area contributed by atoms with Gasteiger partial charge in [0.15, 0.2) is 21.5 Å². The van der Waals surface area contributed by atoms with Gasteiger partial charge in [0, 0.05) is 19.3 Å². The van der Waals surface area contributed by atoms with Crippen molar-refractivity contribution in [2.24, 2.45) is 5.73 Å². The maximum atomic E-state index is 12.6. The highest BCUT2D eigenvalue weighted by atomic mass is 16.4. The van der Waals surface area contributed by atoms with Crippen LogP contribution in [0.1, 0.15) is 38.5 Å². The first-order chi connectivity index (χ1) is 15.0. The fourth-order valence-corrected chi connectivity index (χ4v) is 2.32. The van der Waals surface area contributed by atoms with Gasteiger partial charge < -0.3 is 36.8 Å². The predicted octanol–water partition coefficient (Wildman–Crippen LogP) is 0.298. The first kappa shape index (κ1) is 27.8. The van der Waals surface area contributed by atoms with Crippen LogP contribution in [0.5, 0.6) is 0 Å². The van der Waals surface area contributed by atoms with Crippen LogP contribution in [0.3, 0.4) is 0 Å². The molecule has 0 aliphatic rings. The van der Waals surface area contributed by atoms with Crippen LogP contribution in [-0.2, 0) is 19.2 Å². The third-order valence-electron chi connectivity index (χ3n) is 4.06. The molecule has 0 unspecified atom stereocenters. The Labute approximate surface area is 181 Å². The van der Waals surface area contributed by atoms with Crippen molar-refractivity contribution in [3.8, 4) is 0 Å². The topological polar surface area (TPSA) is 256 Å². The van der Waals surface area contributed by atoms with Gasteiger partial charge in [0.05, 0.1) is 0 Å². The molecule has 2 amide bonds. The van der Waals surface area contributed by atoms with E-state index in [-0.39, 0.29) is 38.5 Å². The van der Waals surface area contributed by atoms with Gasteiger partial charge in [-0.2, -0.15) is 0 Å². The van der Waals surface area contributed by atoms with E-state index in [1.54, 1.807) is 0 Å². The summed E-state index contributed by atoms with van der Waals surface area (Å²) in [5, 5.41) is 58.2. The minimum atomic E-state index is -1.48. The third-order valence-corrected chi connectivity index (χ3v) is 4.06. The molecule has 0 bridgehead atoms. The van der Waals surface area contributed by atoms with E-state index in [1.165, 1.54) is 0 Å². The molecule has 15 heteroatoms. The monoisotopic (exact) mass is 455 g/mol. The number of nitrogens with zero attached hydrogens (tertiary/aromatic N) is 4. The highest BCUT2D eigenvalue weighted by Gasteiger charge is 2.27. The van der Waals surface area contributed by atoms with Gasteiger partial charge in [-0.25, -0.2) is 4.79 Å². The Morgan fingerprint density at radius 3 is 1.72 bits per heavy atom. The molecule has 0 aromatic rings. The molecule has 0 aromatic heterocycles. The van der Waals surface area contributed by atoms with Gasteiger partial charge in [-0.15, -0.1) is 0 Å². The van der Waals surface area contributed by atoms with Gasteiger partial charge in [0.2, 0.25) is 22.6 Å². The third kappa shape index (κ3) is 11.7. The maximum absolute atomic E-state index is 12.6.